The number of nitrogens with zero attached hydrogens (tertiary/aromatic N) is 1. The summed E-state index contributed by atoms with van der Waals surface area (Å²) in [6.07, 6.45) is 5.10. The molecule has 0 unspecified atom stereocenters. The van der Waals surface area contributed by atoms with Crippen LogP contribution in [-0.2, 0) is 6.42 Å². The molecule has 0 aromatic carbocycles. The van der Waals surface area contributed by atoms with Crippen LogP contribution in [0.1, 0.15) is 24.3 Å². The maximum atomic E-state index is 4.48. The van der Waals surface area contributed by atoms with E-state index >= 15 is 0 Å². The van der Waals surface area contributed by atoms with Crippen LogP contribution >= 0.6 is 11.3 Å². The molecule has 0 N–H and O–H groups in total. The second-order valence-corrected chi connectivity index (χ2v) is 4.52. The molecule has 0 spiro atoms. The molecule has 0 saturated heterocycles. The van der Waals surface area contributed by atoms with E-state index in [4.69, 9.17) is 0 Å². The van der Waals surface area contributed by atoms with Crippen molar-refractivity contribution in [1.29, 1.82) is 0 Å². The van der Waals surface area contributed by atoms with E-state index in [2.05, 4.69) is 36.4 Å². The molecule has 2 rings (SSSR count). The minimum absolute atomic E-state index is 0.510. The first-order valence-corrected chi connectivity index (χ1v) is 5.46. The highest BCUT2D eigenvalue weighted by atomic mass is 32.1. The van der Waals surface area contributed by atoms with E-state index < -0.39 is 0 Å². The zero-order valence-corrected chi connectivity index (χ0v) is 8.77. The van der Waals surface area contributed by atoms with Crippen LogP contribution in [0.2, 0.25) is 0 Å². The summed E-state index contributed by atoms with van der Waals surface area (Å²) in [5, 5.41) is 2.15. The van der Waals surface area contributed by atoms with Gasteiger partial charge in [0.15, 0.2) is 0 Å². The highest BCUT2D eigenvalue weighted by Gasteiger charge is 2.14. The van der Waals surface area contributed by atoms with Gasteiger partial charge in [0.2, 0.25) is 0 Å². The van der Waals surface area contributed by atoms with Gasteiger partial charge in [0.25, 0.3) is 0 Å². The number of thiophene rings is 1. The lowest BCUT2D eigenvalue weighted by atomic mass is 10.0. The summed E-state index contributed by atoms with van der Waals surface area (Å²) < 4.78 is 0. The van der Waals surface area contributed by atoms with Crippen LogP contribution in [0.25, 0.3) is 0 Å². The van der Waals surface area contributed by atoms with Gasteiger partial charge in [-0.1, -0.05) is 19.9 Å². The van der Waals surface area contributed by atoms with Gasteiger partial charge in [-0.2, -0.15) is 0 Å². The van der Waals surface area contributed by atoms with Gasteiger partial charge in [-0.05, 0) is 17.4 Å². The molecule has 1 nitrogen and oxygen atoms in total. The molecule has 1 aromatic rings. The van der Waals surface area contributed by atoms with Crippen LogP contribution in [0.15, 0.2) is 28.7 Å². The fraction of sp³-hybridized carbons (Fsp3) is 0.364. The van der Waals surface area contributed by atoms with Gasteiger partial charge in [0.05, 0.1) is 5.71 Å². The summed E-state index contributed by atoms with van der Waals surface area (Å²) in [4.78, 5) is 5.92. The number of allylic oxidation sites excluding steroid dienone is 1. The maximum absolute atomic E-state index is 4.48. The lowest BCUT2D eigenvalue weighted by Gasteiger charge is -2.07. The van der Waals surface area contributed by atoms with Crippen LogP contribution in [0.4, 0.5) is 0 Å². The van der Waals surface area contributed by atoms with Crippen molar-refractivity contribution in [2.75, 3.05) is 0 Å². The molecule has 2 heteroatoms. The standard InChI is InChI=1S/C11H13NS/c1-8(2)11-9-5-7-13-10(9)4-3-6-12-11/h3,5-8H,4H2,1-2H3. The van der Waals surface area contributed by atoms with E-state index in [0.29, 0.717) is 5.92 Å². The molecule has 0 aliphatic carbocycles. The molecule has 0 bridgehead atoms. The summed E-state index contributed by atoms with van der Waals surface area (Å²) in [6.45, 7) is 4.39. The molecule has 0 amide bonds. The molecule has 1 aromatic heterocycles. The Hall–Kier alpha value is -0.890. The lowest BCUT2D eigenvalue weighted by molar-refractivity contribution is 0.885. The van der Waals surface area contributed by atoms with Crippen molar-refractivity contribution in [3.05, 3.63) is 34.2 Å². The maximum Gasteiger partial charge on any atom is 0.0512 e. The first kappa shape index (κ1) is 8.70. The van der Waals surface area contributed by atoms with Crippen molar-refractivity contribution in [1.82, 2.24) is 0 Å². The monoisotopic (exact) mass is 191 g/mol. The number of hydrogen-bond acceptors (Lipinski definition) is 2. The van der Waals surface area contributed by atoms with Crippen molar-refractivity contribution in [2.45, 2.75) is 20.3 Å². The Morgan fingerprint density at radius 3 is 3.08 bits per heavy atom. The van der Waals surface area contributed by atoms with Crippen LogP contribution < -0.4 is 0 Å². The van der Waals surface area contributed by atoms with Gasteiger partial charge < -0.3 is 0 Å². The quantitative estimate of drug-likeness (QED) is 0.646. The zero-order chi connectivity index (χ0) is 9.26. The highest BCUT2D eigenvalue weighted by molar-refractivity contribution is 7.10. The van der Waals surface area contributed by atoms with Gasteiger partial charge >= 0.3 is 0 Å². The van der Waals surface area contributed by atoms with Gasteiger partial charge in [0, 0.05) is 23.1 Å². The summed E-state index contributed by atoms with van der Waals surface area (Å²) in [5.41, 5.74) is 2.58. The summed E-state index contributed by atoms with van der Waals surface area (Å²) in [7, 11) is 0. The molecule has 68 valence electrons. The summed E-state index contributed by atoms with van der Waals surface area (Å²) >= 11 is 1.83. The van der Waals surface area contributed by atoms with E-state index in [-0.39, 0.29) is 0 Å². The van der Waals surface area contributed by atoms with E-state index in [1.54, 1.807) is 0 Å². The fourth-order valence-electron chi connectivity index (χ4n) is 1.55. The average molecular weight is 191 g/mol. The van der Waals surface area contributed by atoms with Crippen LogP contribution in [0, 0.1) is 5.92 Å². The normalized spacial score (nSPS) is 15.5. The Bertz CT molecular complexity index is 358. The molecule has 0 saturated carbocycles. The van der Waals surface area contributed by atoms with Crippen molar-refractivity contribution >= 4 is 17.0 Å². The molecule has 2 heterocycles. The van der Waals surface area contributed by atoms with Crippen molar-refractivity contribution in [3.8, 4) is 0 Å². The van der Waals surface area contributed by atoms with Crippen molar-refractivity contribution in [3.63, 3.8) is 0 Å². The first-order valence-electron chi connectivity index (χ1n) is 4.58. The molecule has 1 aliphatic heterocycles. The smallest absolute Gasteiger partial charge is 0.0512 e. The largest absolute Gasteiger partial charge is 0.261 e. The zero-order valence-electron chi connectivity index (χ0n) is 7.95. The predicted octanol–water partition coefficient (Wildman–Crippen LogP) is 3.26. The van der Waals surface area contributed by atoms with Crippen molar-refractivity contribution < 1.29 is 0 Å². The van der Waals surface area contributed by atoms with Gasteiger partial charge in [0.1, 0.15) is 0 Å². The Kier molecular flexibility index (Phi) is 2.32. The SMILES string of the molecule is CC(C)C1=NC=CCc2sccc21. The van der Waals surface area contributed by atoms with Crippen LogP contribution in [0.5, 0.6) is 0 Å². The lowest BCUT2D eigenvalue weighted by Crippen LogP contribution is -2.08. The van der Waals surface area contributed by atoms with Gasteiger partial charge in [-0.25, -0.2) is 0 Å². The van der Waals surface area contributed by atoms with E-state index in [0.717, 1.165) is 6.42 Å². The Labute approximate surface area is 82.8 Å². The van der Waals surface area contributed by atoms with Gasteiger partial charge in [-0.15, -0.1) is 11.3 Å². The molecule has 0 radical (unpaired) electrons. The third kappa shape index (κ3) is 1.59. The van der Waals surface area contributed by atoms with Crippen LogP contribution in [0.3, 0.4) is 0 Å². The second-order valence-electron chi connectivity index (χ2n) is 3.52. The minimum Gasteiger partial charge on any atom is -0.261 e. The van der Waals surface area contributed by atoms with Crippen LogP contribution in [-0.4, -0.2) is 5.71 Å². The Morgan fingerprint density at radius 1 is 1.46 bits per heavy atom. The van der Waals surface area contributed by atoms with E-state index in [1.807, 2.05) is 17.5 Å². The Balaban J connectivity index is 2.49. The highest BCUT2D eigenvalue weighted by Crippen LogP contribution is 2.23. The first-order chi connectivity index (χ1) is 6.29. The number of fused-ring (bicyclic) bond motifs is 1. The second kappa shape index (κ2) is 3.46. The molecule has 1 aliphatic rings. The summed E-state index contributed by atoms with van der Waals surface area (Å²) in [5.74, 6) is 0.510. The van der Waals surface area contributed by atoms with Crippen molar-refractivity contribution in [2.24, 2.45) is 10.9 Å². The Morgan fingerprint density at radius 2 is 2.31 bits per heavy atom. The molecule has 13 heavy (non-hydrogen) atoms. The topological polar surface area (TPSA) is 12.4 Å². The van der Waals surface area contributed by atoms with E-state index in [9.17, 15) is 0 Å². The number of aliphatic imine (C=N–C) groups is 1. The number of rotatable bonds is 1. The number of hydrogen-bond donors (Lipinski definition) is 0. The molecular weight excluding hydrogens is 178 g/mol. The third-order valence-electron chi connectivity index (χ3n) is 2.19. The van der Waals surface area contributed by atoms with E-state index in [1.165, 1.54) is 16.2 Å². The molecular formula is C11H13NS. The molecule has 0 fully saturated rings. The average Bonchev–Trinajstić information content (AvgIpc) is 2.44. The predicted molar refractivity (Wildman–Crippen MR) is 58.5 cm³/mol. The van der Waals surface area contributed by atoms with Gasteiger partial charge in [-0.3, -0.25) is 4.99 Å². The minimum atomic E-state index is 0.510. The summed E-state index contributed by atoms with van der Waals surface area (Å²) in [6, 6.07) is 2.19. The third-order valence-corrected chi connectivity index (χ3v) is 3.13. The fourth-order valence-corrected chi connectivity index (χ4v) is 2.41. The molecule has 0 atom stereocenters.